The van der Waals surface area contributed by atoms with Crippen molar-refractivity contribution in [2.75, 3.05) is 5.73 Å². The molecule has 0 amide bonds. The second kappa shape index (κ2) is 7.18. The fourth-order valence-corrected chi connectivity index (χ4v) is 1.69. The molecular weight excluding hydrogens is 222 g/mol. The number of nitrogens with zero attached hydrogens (tertiary/aromatic N) is 2. The van der Waals surface area contributed by atoms with Crippen LogP contribution in [0.4, 0.5) is 5.82 Å². The van der Waals surface area contributed by atoms with E-state index >= 15 is 0 Å². The molecule has 0 radical (unpaired) electrons. The number of anilines is 1. The van der Waals surface area contributed by atoms with E-state index < -0.39 is 0 Å². The number of nitriles is 1. The normalized spacial score (nSPS) is 10.2. The van der Waals surface area contributed by atoms with Crippen LogP contribution < -0.4 is 5.73 Å². The lowest BCUT2D eigenvalue weighted by atomic mass is 10.2. The average molecular weight is 243 g/mol. The van der Waals surface area contributed by atoms with Gasteiger partial charge in [0.2, 0.25) is 0 Å². The minimum Gasteiger partial charge on any atom is -0.384 e. The molecule has 0 unspecified atom stereocenters. The van der Waals surface area contributed by atoms with Crippen LogP contribution in [0.25, 0.3) is 0 Å². The Morgan fingerprint density at radius 2 is 2.00 bits per heavy atom. The number of rotatable bonds is 3. The first kappa shape index (κ1) is 15.8. The van der Waals surface area contributed by atoms with E-state index in [9.17, 15) is 0 Å². The van der Waals surface area contributed by atoms with Gasteiger partial charge in [-0.3, -0.25) is 0 Å². The standard InChI is InChI=1S/C13H17N3.C2H4/c1-5-11(6-2)8-16-10(4)9(3)12(7-14)13(16)15;1-2/h5-6H,1,8,15H2,2-4H3;1-2H2/b11-6+;. The first-order valence-corrected chi connectivity index (χ1v) is 5.69. The minimum atomic E-state index is 0.540. The number of hydrogen-bond donors (Lipinski definition) is 1. The summed E-state index contributed by atoms with van der Waals surface area (Å²) in [4.78, 5) is 0. The van der Waals surface area contributed by atoms with Crippen LogP contribution in [0.15, 0.2) is 37.5 Å². The van der Waals surface area contributed by atoms with Crippen LogP contribution in [0.1, 0.15) is 23.7 Å². The molecule has 3 heteroatoms. The topological polar surface area (TPSA) is 54.7 Å². The van der Waals surface area contributed by atoms with Crippen LogP contribution in [0.3, 0.4) is 0 Å². The van der Waals surface area contributed by atoms with Crippen LogP contribution in [0, 0.1) is 25.2 Å². The quantitative estimate of drug-likeness (QED) is 0.652. The number of aromatic nitrogens is 1. The molecule has 0 saturated carbocycles. The molecule has 0 atom stereocenters. The van der Waals surface area contributed by atoms with Gasteiger partial charge in [-0.2, -0.15) is 5.26 Å². The highest BCUT2D eigenvalue weighted by molar-refractivity contribution is 5.58. The molecule has 1 aromatic rings. The van der Waals surface area contributed by atoms with Gasteiger partial charge in [0, 0.05) is 12.2 Å². The lowest BCUT2D eigenvalue weighted by molar-refractivity contribution is 0.782. The first-order valence-electron chi connectivity index (χ1n) is 5.69. The summed E-state index contributed by atoms with van der Waals surface area (Å²) in [6, 6.07) is 2.14. The molecule has 0 aromatic carbocycles. The third-order valence-electron chi connectivity index (χ3n) is 2.95. The summed E-state index contributed by atoms with van der Waals surface area (Å²) in [7, 11) is 0. The summed E-state index contributed by atoms with van der Waals surface area (Å²) < 4.78 is 1.95. The lowest BCUT2D eigenvalue weighted by Gasteiger charge is -2.09. The van der Waals surface area contributed by atoms with E-state index in [1.807, 2.05) is 31.4 Å². The van der Waals surface area contributed by atoms with Gasteiger partial charge >= 0.3 is 0 Å². The number of allylic oxidation sites excluding steroid dienone is 3. The third kappa shape index (κ3) is 2.92. The average Bonchev–Trinajstić information content (AvgIpc) is 2.61. The van der Waals surface area contributed by atoms with Crippen molar-refractivity contribution >= 4 is 5.82 Å². The molecule has 1 aromatic heterocycles. The minimum absolute atomic E-state index is 0.540. The molecule has 0 aliphatic carbocycles. The maximum Gasteiger partial charge on any atom is 0.122 e. The van der Waals surface area contributed by atoms with Crippen LogP contribution in [-0.2, 0) is 6.54 Å². The lowest BCUT2D eigenvalue weighted by Crippen LogP contribution is -2.06. The fraction of sp³-hybridized carbons (Fsp3) is 0.267. The van der Waals surface area contributed by atoms with Crippen LogP contribution >= 0.6 is 0 Å². The summed E-state index contributed by atoms with van der Waals surface area (Å²) in [5.74, 6) is 0.540. The Morgan fingerprint density at radius 3 is 2.33 bits per heavy atom. The Labute approximate surface area is 110 Å². The SMILES string of the molecule is C=C.C=C/C(=C\C)Cn1c(C)c(C)c(C#N)c1N. The summed E-state index contributed by atoms with van der Waals surface area (Å²) in [6.07, 6.45) is 3.80. The highest BCUT2D eigenvalue weighted by Crippen LogP contribution is 2.24. The molecule has 0 saturated heterocycles. The molecule has 0 aliphatic rings. The number of nitrogens with two attached hydrogens (primary N) is 1. The van der Waals surface area contributed by atoms with E-state index in [2.05, 4.69) is 25.8 Å². The first-order chi connectivity index (χ1) is 8.56. The van der Waals surface area contributed by atoms with E-state index in [1.54, 1.807) is 6.08 Å². The molecule has 96 valence electrons. The number of nitrogen functional groups attached to an aromatic ring is 1. The van der Waals surface area contributed by atoms with Gasteiger partial charge in [0.05, 0.1) is 5.56 Å². The predicted octanol–water partition coefficient (Wildman–Crippen LogP) is 3.49. The Bertz CT molecular complexity index is 499. The second-order valence-corrected chi connectivity index (χ2v) is 3.74. The van der Waals surface area contributed by atoms with Crippen molar-refractivity contribution in [3.63, 3.8) is 0 Å². The van der Waals surface area contributed by atoms with Crippen molar-refractivity contribution in [2.24, 2.45) is 0 Å². The number of hydrogen-bond acceptors (Lipinski definition) is 2. The summed E-state index contributed by atoms with van der Waals surface area (Å²) in [5.41, 5.74) is 9.62. The molecule has 0 fully saturated rings. The molecule has 1 rings (SSSR count). The Morgan fingerprint density at radius 1 is 1.44 bits per heavy atom. The van der Waals surface area contributed by atoms with Gasteiger partial charge < -0.3 is 10.3 Å². The van der Waals surface area contributed by atoms with Gasteiger partial charge in [0.15, 0.2) is 0 Å². The van der Waals surface area contributed by atoms with E-state index in [-0.39, 0.29) is 0 Å². The predicted molar refractivity (Wildman–Crippen MR) is 78.2 cm³/mol. The molecule has 0 bridgehead atoms. The van der Waals surface area contributed by atoms with Crippen molar-refractivity contribution < 1.29 is 0 Å². The molecular formula is C15H21N3. The van der Waals surface area contributed by atoms with E-state index in [0.717, 1.165) is 16.8 Å². The molecule has 3 nitrogen and oxygen atoms in total. The highest BCUT2D eigenvalue weighted by Gasteiger charge is 2.14. The van der Waals surface area contributed by atoms with Gasteiger partial charge in [-0.05, 0) is 31.9 Å². The van der Waals surface area contributed by atoms with Crippen molar-refractivity contribution in [3.8, 4) is 6.07 Å². The highest BCUT2D eigenvalue weighted by atomic mass is 15.1. The molecule has 0 spiro atoms. The van der Waals surface area contributed by atoms with Gasteiger partial charge in [-0.15, -0.1) is 13.2 Å². The van der Waals surface area contributed by atoms with Crippen molar-refractivity contribution in [1.82, 2.24) is 4.57 Å². The Hall–Kier alpha value is -2.21. The van der Waals surface area contributed by atoms with Crippen LogP contribution in [0.2, 0.25) is 0 Å². The molecule has 18 heavy (non-hydrogen) atoms. The van der Waals surface area contributed by atoms with E-state index in [4.69, 9.17) is 11.0 Å². The summed E-state index contributed by atoms with van der Waals surface area (Å²) in [5, 5.41) is 9.01. The zero-order valence-electron chi connectivity index (χ0n) is 11.5. The summed E-state index contributed by atoms with van der Waals surface area (Å²) in [6.45, 7) is 16.3. The van der Waals surface area contributed by atoms with Gasteiger partial charge in [0.1, 0.15) is 11.9 Å². The second-order valence-electron chi connectivity index (χ2n) is 3.74. The zero-order valence-corrected chi connectivity index (χ0v) is 11.5. The van der Waals surface area contributed by atoms with E-state index in [1.165, 1.54) is 0 Å². The van der Waals surface area contributed by atoms with Crippen molar-refractivity contribution in [3.05, 3.63) is 54.3 Å². The molecule has 0 aliphatic heterocycles. The maximum atomic E-state index is 9.01. The molecule has 1 heterocycles. The fourth-order valence-electron chi connectivity index (χ4n) is 1.69. The zero-order chi connectivity index (χ0) is 14.3. The Balaban J connectivity index is 0.00000137. The smallest absolute Gasteiger partial charge is 0.122 e. The van der Waals surface area contributed by atoms with Gasteiger partial charge in [-0.25, -0.2) is 0 Å². The largest absolute Gasteiger partial charge is 0.384 e. The molecule has 2 N–H and O–H groups in total. The van der Waals surface area contributed by atoms with Gasteiger partial charge in [-0.1, -0.05) is 18.7 Å². The monoisotopic (exact) mass is 243 g/mol. The van der Waals surface area contributed by atoms with Gasteiger partial charge in [0.25, 0.3) is 0 Å². The van der Waals surface area contributed by atoms with E-state index in [0.29, 0.717) is 17.9 Å². The van der Waals surface area contributed by atoms with Crippen LogP contribution in [0.5, 0.6) is 0 Å². The maximum absolute atomic E-state index is 9.01. The van der Waals surface area contributed by atoms with Crippen LogP contribution in [-0.4, -0.2) is 4.57 Å². The summed E-state index contributed by atoms with van der Waals surface area (Å²) >= 11 is 0. The van der Waals surface area contributed by atoms with Crippen molar-refractivity contribution in [1.29, 1.82) is 5.26 Å². The van der Waals surface area contributed by atoms with Crippen molar-refractivity contribution in [2.45, 2.75) is 27.3 Å². The Kier molecular flexibility index (Phi) is 6.30. The third-order valence-corrected chi connectivity index (χ3v) is 2.95.